The molecule has 1 aliphatic rings. The normalized spacial score (nSPS) is 14.4. The molecule has 0 bridgehead atoms. The van der Waals surface area contributed by atoms with Gasteiger partial charge in [0.05, 0.1) is 5.92 Å². The summed E-state index contributed by atoms with van der Waals surface area (Å²) in [5.41, 5.74) is 0.301. The van der Waals surface area contributed by atoms with Crippen molar-refractivity contribution < 1.29 is 14.0 Å². The number of carbonyl (C=O) groups is 2. The molecule has 0 atom stereocenters. The van der Waals surface area contributed by atoms with Gasteiger partial charge in [0.25, 0.3) is 5.91 Å². The molecular weight excluding hydrogens is 261 g/mol. The third-order valence-corrected chi connectivity index (χ3v) is 3.18. The molecule has 20 heavy (non-hydrogen) atoms. The maximum atomic E-state index is 12.9. The fourth-order valence-electron chi connectivity index (χ4n) is 1.85. The van der Waals surface area contributed by atoms with Gasteiger partial charge in [-0.1, -0.05) is 6.07 Å². The van der Waals surface area contributed by atoms with E-state index >= 15 is 0 Å². The zero-order valence-corrected chi connectivity index (χ0v) is 11.1. The molecule has 2 amide bonds. The zero-order valence-electron chi connectivity index (χ0n) is 11.1. The number of amides is 2. The minimum Gasteiger partial charge on any atom is -0.356 e. The van der Waals surface area contributed by atoms with Crippen LogP contribution >= 0.6 is 0 Å². The molecule has 0 aromatic heterocycles. The Kier molecular flexibility index (Phi) is 5.06. The monoisotopic (exact) mass is 279 g/mol. The van der Waals surface area contributed by atoms with Gasteiger partial charge >= 0.3 is 0 Å². The number of halogens is 1. The standard InChI is InChI=1S/C14H18FN3O2/c15-12-4-1-3-10(7-12)13(19)17-5-2-6-18-14(20)11-8-16-9-11/h1,3-4,7,11,16H,2,5-6,8-9H2,(H,17,19)(H,18,20). The third kappa shape index (κ3) is 4.03. The summed E-state index contributed by atoms with van der Waals surface area (Å²) in [5, 5.41) is 8.54. The smallest absolute Gasteiger partial charge is 0.251 e. The fraction of sp³-hybridized carbons (Fsp3) is 0.429. The zero-order chi connectivity index (χ0) is 14.4. The molecule has 1 aromatic rings. The molecule has 2 rings (SSSR count). The van der Waals surface area contributed by atoms with Gasteiger partial charge < -0.3 is 16.0 Å². The number of carbonyl (C=O) groups excluding carboxylic acids is 2. The minimum atomic E-state index is -0.431. The van der Waals surface area contributed by atoms with E-state index in [2.05, 4.69) is 16.0 Å². The maximum absolute atomic E-state index is 12.9. The SMILES string of the molecule is O=C(NCCCNC(=O)C1CNC1)c1cccc(F)c1. The summed E-state index contributed by atoms with van der Waals surface area (Å²) in [7, 11) is 0. The van der Waals surface area contributed by atoms with Crippen molar-refractivity contribution in [3.8, 4) is 0 Å². The summed E-state index contributed by atoms with van der Waals surface area (Å²) < 4.78 is 12.9. The van der Waals surface area contributed by atoms with Gasteiger partial charge in [-0.15, -0.1) is 0 Å². The van der Waals surface area contributed by atoms with Crippen molar-refractivity contribution in [1.82, 2.24) is 16.0 Å². The molecule has 1 aromatic carbocycles. The Morgan fingerprint density at radius 2 is 2.00 bits per heavy atom. The van der Waals surface area contributed by atoms with Crippen LogP contribution in [0.2, 0.25) is 0 Å². The highest BCUT2D eigenvalue weighted by atomic mass is 19.1. The number of rotatable bonds is 6. The van der Waals surface area contributed by atoms with E-state index in [1.807, 2.05) is 0 Å². The van der Waals surface area contributed by atoms with E-state index in [4.69, 9.17) is 0 Å². The molecule has 0 radical (unpaired) electrons. The van der Waals surface area contributed by atoms with Gasteiger partial charge in [-0.3, -0.25) is 9.59 Å². The Labute approximate surface area is 116 Å². The highest BCUT2D eigenvalue weighted by Gasteiger charge is 2.23. The number of nitrogens with one attached hydrogen (secondary N) is 3. The van der Waals surface area contributed by atoms with Crippen molar-refractivity contribution in [3.05, 3.63) is 35.6 Å². The number of hydrogen-bond donors (Lipinski definition) is 3. The van der Waals surface area contributed by atoms with Crippen molar-refractivity contribution in [2.24, 2.45) is 5.92 Å². The van der Waals surface area contributed by atoms with Gasteiger partial charge in [-0.2, -0.15) is 0 Å². The molecule has 0 saturated carbocycles. The summed E-state index contributed by atoms with van der Waals surface area (Å²) in [6, 6.07) is 5.54. The fourth-order valence-corrected chi connectivity index (χ4v) is 1.85. The Balaban J connectivity index is 1.61. The van der Waals surface area contributed by atoms with E-state index in [0.29, 0.717) is 25.1 Å². The molecule has 0 aliphatic carbocycles. The molecule has 1 aliphatic heterocycles. The van der Waals surface area contributed by atoms with Crippen LogP contribution in [-0.2, 0) is 4.79 Å². The summed E-state index contributed by atoms with van der Waals surface area (Å²) in [6.07, 6.45) is 0.646. The van der Waals surface area contributed by atoms with Crippen molar-refractivity contribution in [2.45, 2.75) is 6.42 Å². The summed E-state index contributed by atoms with van der Waals surface area (Å²) >= 11 is 0. The van der Waals surface area contributed by atoms with Crippen LogP contribution in [0.25, 0.3) is 0 Å². The van der Waals surface area contributed by atoms with E-state index < -0.39 is 5.82 Å². The summed E-state index contributed by atoms with van der Waals surface area (Å²) in [4.78, 5) is 23.2. The quantitative estimate of drug-likeness (QED) is 0.655. The van der Waals surface area contributed by atoms with Gasteiger partial charge in [-0.05, 0) is 24.6 Å². The van der Waals surface area contributed by atoms with Crippen LogP contribution in [0.3, 0.4) is 0 Å². The van der Waals surface area contributed by atoms with Crippen LogP contribution in [-0.4, -0.2) is 38.0 Å². The second-order valence-corrected chi connectivity index (χ2v) is 4.77. The average Bonchev–Trinajstić information content (AvgIpc) is 2.36. The molecule has 3 N–H and O–H groups in total. The van der Waals surface area contributed by atoms with E-state index in [1.165, 1.54) is 18.2 Å². The molecule has 1 saturated heterocycles. The van der Waals surface area contributed by atoms with Gasteiger partial charge in [0.15, 0.2) is 0 Å². The number of benzene rings is 1. The largest absolute Gasteiger partial charge is 0.356 e. The first-order valence-corrected chi connectivity index (χ1v) is 6.69. The van der Waals surface area contributed by atoms with E-state index in [0.717, 1.165) is 13.1 Å². The number of hydrogen-bond acceptors (Lipinski definition) is 3. The predicted molar refractivity (Wildman–Crippen MR) is 72.7 cm³/mol. The lowest BCUT2D eigenvalue weighted by atomic mass is 10.0. The second-order valence-electron chi connectivity index (χ2n) is 4.77. The molecular formula is C14H18FN3O2. The Hall–Kier alpha value is -1.95. The second kappa shape index (κ2) is 7.00. The van der Waals surface area contributed by atoms with Crippen molar-refractivity contribution in [3.63, 3.8) is 0 Å². The van der Waals surface area contributed by atoms with Crippen LogP contribution in [0.5, 0.6) is 0 Å². The average molecular weight is 279 g/mol. The van der Waals surface area contributed by atoms with Crippen LogP contribution in [0.15, 0.2) is 24.3 Å². The van der Waals surface area contributed by atoms with Crippen LogP contribution in [0, 0.1) is 11.7 Å². The first kappa shape index (κ1) is 14.5. The van der Waals surface area contributed by atoms with Crippen molar-refractivity contribution in [2.75, 3.05) is 26.2 Å². The predicted octanol–water partition coefficient (Wildman–Crippen LogP) is 0.281. The third-order valence-electron chi connectivity index (χ3n) is 3.18. The Morgan fingerprint density at radius 3 is 2.65 bits per heavy atom. The lowest BCUT2D eigenvalue weighted by molar-refractivity contribution is -0.126. The van der Waals surface area contributed by atoms with Gasteiger partial charge in [0.2, 0.25) is 5.91 Å². The summed E-state index contributed by atoms with van der Waals surface area (Å²) in [6.45, 7) is 2.45. The highest BCUT2D eigenvalue weighted by molar-refractivity contribution is 5.94. The van der Waals surface area contributed by atoms with E-state index in [9.17, 15) is 14.0 Å². The molecule has 1 fully saturated rings. The van der Waals surface area contributed by atoms with Crippen LogP contribution in [0.4, 0.5) is 4.39 Å². The molecule has 0 spiro atoms. The van der Waals surface area contributed by atoms with Gasteiger partial charge in [0.1, 0.15) is 5.82 Å². The van der Waals surface area contributed by atoms with Crippen LogP contribution < -0.4 is 16.0 Å². The lowest BCUT2D eigenvalue weighted by Gasteiger charge is -2.25. The Morgan fingerprint density at radius 1 is 1.25 bits per heavy atom. The van der Waals surface area contributed by atoms with Gasteiger partial charge in [0, 0.05) is 31.7 Å². The topological polar surface area (TPSA) is 70.2 Å². The molecule has 5 nitrogen and oxygen atoms in total. The molecule has 6 heteroatoms. The first-order valence-electron chi connectivity index (χ1n) is 6.69. The first-order chi connectivity index (χ1) is 9.66. The molecule has 1 heterocycles. The lowest BCUT2D eigenvalue weighted by Crippen LogP contribution is -2.51. The van der Waals surface area contributed by atoms with Crippen molar-refractivity contribution >= 4 is 11.8 Å². The van der Waals surface area contributed by atoms with Crippen molar-refractivity contribution in [1.29, 1.82) is 0 Å². The van der Waals surface area contributed by atoms with E-state index in [1.54, 1.807) is 6.07 Å². The highest BCUT2D eigenvalue weighted by Crippen LogP contribution is 2.03. The minimum absolute atomic E-state index is 0.0557. The van der Waals surface area contributed by atoms with E-state index in [-0.39, 0.29) is 17.7 Å². The molecule has 0 unspecified atom stereocenters. The van der Waals surface area contributed by atoms with Gasteiger partial charge in [-0.25, -0.2) is 4.39 Å². The molecule has 108 valence electrons. The van der Waals surface area contributed by atoms with Crippen LogP contribution in [0.1, 0.15) is 16.8 Å². The Bertz CT molecular complexity index is 489. The maximum Gasteiger partial charge on any atom is 0.251 e. The summed E-state index contributed by atoms with van der Waals surface area (Å²) in [5.74, 6) is -0.602.